The van der Waals surface area contributed by atoms with Gasteiger partial charge in [-0.05, 0) is 80.6 Å². The SMILES string of the molecule is Cc1cccc(C(=O)N2c3ccc(C(=O)NC4CCC(N)CC4)cc3NC(=O)CC2c2ccc(F)cc2)c1. The summed E-state index contributed by atoms with van der Waals surface area (Å²) in [5, 5.41) is 5.95. The van der Waals surface area contributed by atoms with Crippen molar-refractivity contribution in [1.82, 2.24) is 5.32 Å². The van der Waals surface area contributed by atoms with E-state index in [-0.39, 0.29) is 36.2 Å². The molecule has 0 aromatic heterocycles. The number of nitrogens with two attached hydrogens (primary N) is 1. The molecule has 1 unspecified atom stereocenters. The number of carbonyl (C=O) groups excluding carboxylic acids is 3. The van der Waals surface area contributed by atoms with Crippen LogP contribution in [0.3, 0.4) is 0 Å². The molecule has 38 heavy (non-hydrogen) atoms. The van der Waals surface area contributed by atoms with E-state index in [0.29, 0.717) is 28.1 Å². The van der Waals surface area contributed by atoms with E-state index in [1.165, 1.54) is 12.1 Å². The van der Waals surface area contributed by atoms with Crippen molar-refractivity contribution in [2.75, 3.05) is 10.2 Å². The van der Waals surface area contributed by atoms with Crippen molar-refractivity contribution < 1.29 is 18.8 Å². The molecule has 0 spiro atoms. The van der Waals surface area contributed by atoms with Crippen LogP contribution in [0.1, 0.15) is 70.0 Å². The van der Waals surface area contributed by atoms with Gasteiger partial charge in [0.2, 0.25) is 5.91 Å². The predicted octanol–water partition coefficient (Wildman–Crippen LogP) is 4.86. The average Bonchev–Trinajstić information content (AvgIpc) is 3.05. The predicted molar refractivity (Wildman–Crippen MR) is 145 cm³/mol. The Morgan fingerprint density at radius 2 is 1.71 bits per heavy atom. The number of nitrogens with one attached hydrogen (secondary N) is 2. The summed E-state index contributed by atoms with van der Waals surface area (Å²) in [5.74, 6) is -1.24. The lowest BCUT2D eigenvalue weighted by Gasteiger charge is -2.31. The Morgan fingerprint density at radius 1 is 0.974 bits per heavy atom. The van der Waals surface area contributed by atoms with E-state index in [2.05, 4.69) is 10.6 Å². The Labute approximate surface area is 221 Å². The number of nitrogens with zero attached hydrogens (tertiary/aromatic N) is 1. The van der Waals surface area contributed by atoms with E-state index in [1.54, 1.807) is 47.4 Å². The number of hydrogen-bond acceptors (Lipinski definition) is 4. The Hall–Kier alpha value is -4.04. The van der Waals surface area contributed by atoms with Gasteiger partial charge in [0.1, 0.15) is 5.82 Å². The van der Waals surface area contributed by atoms with Crippen LogP contribution in [0, 0.1) is 12.7 Å². The quantitative estimate of drug-likeness (QED) is 0.462. The molecule has 1 aliphatic carbocycles. The van der Waals surface area contributed by atoms with Gasteiger partial charge in [-0.3, -0.25) is 19.3 Å². The van der Waals surface area contributed by atoms with E-state index in [4.69, 9.17) is 5.73 Å². The summed E-state index contributed by atoms with van der Waals surface area (Å²) < 4.78 is 13.7. The maximum Gasteiger partial charge on any atom is 0.258 e. The zero-order chi connectivity index (χ0) is 26.8. The molecule has 196 valence electrons. The third kappa shape index (κ3) is 5.45. The van der Waals surface area contributed by atoms with Crippen molar-refractivity contribution in [1.29, 1.82) is 0 Å². The first-order chi connectivity index (χ1) is 18.3. The smallest absolute Gasteiger partial charge is 0.258 e. The maximum atomic E-state index is 14.0. The van der Waals surface area contributed by atoms with Crippen molar-refractivity contribution in [2.45, 2.75) is 57.2 Å². The Balaban J connectivity index is 1.53. The standard InChI is InChI=1S/C30H31FN4O3/c1-18-3-2-4-21(15-18)30(38)35-26-14-7-20(29(37)33-24-12-10-23(32)11-13-24)16-25(26)34-28(36)17-27(35)19-5-8-22(31)9-6-19/h2-9,14-16,23-24,27H,10-13,17,32H2,1H3,(H,33,37)(H,34,36). The van der Waals surface area contributed by atoms with Crippen LogP contribution in [-0.2, 0) is 4.79 Å². The fraction of sp³-hybridized carbons (Fsp3) is 0.300. The zero-order valence-electron chi connectivity index (χ0n) is 21.2. The zero-order valence-corrected chi connectivity index (χ0v) is 21.2. The lowest BCUT2D eigenvalue weighted by atomic mass is 9.91. The number of fused-ring (bicyclic) bond motifs is 1. The molecule has 0 radical (unpaired) electrons. The summed E-state index contributed by atoms with van der Waals surface area (Å²) in [6.45, 7) is 1.90. The maximum absolute atomic E-state index is 14.0. The minimum Gasteiger partial charge on any atom is -0.349 e. The Morgan fingerprint density at radius 3 is 2.42 bits per heavy atom. The fourth-order valence-corrected chi connectivity index (χ4v) is 5.28. The minimum atomic E-state index is -0.670. The highest BCUT2D eigenvalue weighted by molar-refractivity contribution is 6.12. The second-order valence-electron chi connectivity index (χ2n) is 10.2. The number of amides is 3. The molecule has 4 N–H and O–H groups in total. The fourth-order valence-electron chi connectivity index (χ4n) is 5.28. The van der Waals surface area contributed by atoms with Crippen molar-refractivity contribution in [3.8, 4) is 0 Å². The number of rotatable bonds is 4. The molecular weight excluding hydrogens is 483 g/mol. The molecule has 3 amide bonds. The molecule has 3 aromatic carbocycles. The third-order valence-electron chi connectivity index (χ3n) is 7.33. The minimum absolute atomic E-state index is 0.0261. The van der Waals surface area contributed by atoms with Gasteiger partial charge >= 0.3 is 0 Å². The van der Waals surface area contributed by atoms with Crippen LogP contribution in [0.25, 0.3) is 0 Å². The van der Waals surface area contributed by atoms with E-state index < -0.39 is 11.9 Å². The van der Waals surface area contributed by atoms with Gasteiger partial charge in [-0.2, -0.15) is 0 Å². The highest BCUT2D eigenvalue weighted by Gasteiger charge is 2.35. The lowest BCUT2D eigenvalue weighted by molar-refractivity contribution is -0.116. The van der Waals surface area contributed by atoms with Gasteiger partial charge in [-0.25, -0.2) is 4.39 Å². The van der Waals surface area contributed by atoms with Crippen LogP contribution in [0.4, 0.5) is 15.8 Å². The van der Waals surface area contributed by atoms with Crippen molar-refractivity contribution in [3.05, 3.63) is 94.8 Å². The number of hydrogen-bond donors (Lipinski definition) is 3. The second-order valence-corrected chi connectivity index (χ2v) is 10.2. The molecule has 2 aliphatic rings. The molecule has 1 aliphatic heterocycles. The first-order valence-electron chi connectivity index (χ1n) is 12.9. The van der Waals surface area contributed by atoms with Crippen LogP contribution in [0.15, 0.2) is 66.7 Å². The monoisotopic (exact) mass is 514 g/mol. The molecular formula is C30H31FN4O3. The van der Waals surface area contributed by atoms with Gasteiger partial charge in [0.15, 0.2) is 0 Å². The van der Waals surface area contributed by atoms with Gasteiger partial charge in [-0.15, -0.1) is 0 Å². The second kappa shape index (κ2) is 10.8. The molecule has 1 saturated carbocycles. The van der Waals surface area contributed by atoms with Crippen LogP contribution < -0.4 is 21.3 Å². The average molecular weight is 515 g/mol. The summed E-state index contributed by atoms with van der Waals surface area (Å²) in [4.78, 5) is 41.6. The molecule has 0 bridgehead atoms. The van der Waals surface area contributed by atoms with Crippen molar-refractivity contribution in [3.63, 3.8) is 0 Å². The third-order valence-corrected chi connectivity index (χ3v) is 7.33. The van der Waals surface area contributed by atoms with E-state index in [1.807, 2.05) is 19.1 Å². The lowest BCUT2D eigenvalue weighted by Crippen LogP contribution is -2.40. The van der Waals surface area contributed by atoms with Crippen LogP contribution in [0.2, 0.25) is 0 Å². The highest BCUT2D eigenvalue weighted by atomic mass is 19.1. The van der Waals surface area contributed by atoms with Crippen molar-refractivity contribution >= 4 is 29.1 Å². The summed E-state index contributed by atoms with van der Waals surface area (Å²) >= 11 is 0. The number of carbonyl (C=O) groups is 3. The van der Waals surface area contributed by atoms with Gasteiger partial charge < -0.3 is 16.4 Å². The summed E-state index contributed by atoms with van der Waals surface area (Å²) in [7, 11) is 0. The molecule has 1 fully saturated rings. The number of halogens is 1. The molecule has 0 saturated heterocycles. The van der Waals surface area contributed by atoms with Gasteiger partial charge in [-0.1, -0.05) is 29.8 Å². The number of anilines is 2. The molecule has 1 heterocycles. The Kier molecular flexibility index (Phi) is 7.24. The number of aryl methyl sites for hydroxylation is 1. The molecule has 3 aromatic rings. The summed E-state index contributed by atoms with van der Waals surface area (Å²) in [5.41, 5.74) is 9.25. The summed E-state index contributed by atoms with van der Waals surface area (Å²) in [6.07, 6.45) is 3.36. The van der Waals surface area contributed by atoms with Crippen LogP contribution in [0.5, 0.6) is 0 Å². The summed E-state index contributed by atoms with van der Waals surface area (Å²) in [6, 6.07) is 17.6. The Bertz CT molecular complexity index is 1370. The van der Waals surface area contributed by atoms with Gasteiger partial charge in [0, 0.05) is 23.2 Å². The highest BCUT2D eigenvalue weighted by Crippen LogP contribution is 2.40. The first kappa shape index (κ1) is 25.6. The van der Waals surface area contributed by atoms with Crippen LogP contribution >= 0.6 is 0 Å². The largest absolute Gasteiger partial charge is 0.349 e. The molecule has 5 rings (SSSR count). The van der Waals surface area contributed by atoms with Crippen LogP contribution in [-0.4, -0.2) is 29.8 Å². The topological polar surface area (TPSA) is 105 Å². The molecule has 8 heteroatoms. The van der Waals surface area contributed by atoms with E-state index >= 15 is 0 Å². The van der Waals surface area contributed by atoms with E-state index in [9.17, 15) is 18.8 Å². The number of benzene rings is 3. The molecule has 7 nitrogen and oxygen atoms in total. The molecule has 1 atom stereocenters. The van der Waals surface area contributed by atoms with Gasteiger partial charge in [0.25, 0.3) is 11.8 Å². The van der Waals surface area contributed by atoms with Crippen molar-refractivity contribution in [2.24, 2.45) is 5.73 Å². The van der Waals surface area contributed by atoms with Gasteiger partial charge in [0.05, 0.1) is 23.8 Å². The first-order valence-corrected chi connectivity index (χ1v) is 12.9. The van der Waals surface area contributed by atoms with E-state index in [0.717, 1.165) is 31.2 Å². The normalized spacial score (nSPS) is 21.2.